The van der Waals surface area contributed by atoms with E-state index in [0.29, 0.717) is 40.9 Å². The monoisotopic (exact) mass is 532 g/mol. The van der Waals surface area contributed by atoms with Crippen molar-refractivity contribution >= 4 is 23.2 Å². The smallest absolute Gasteiger partial charge is 0.378 e. The van der Waals surface area contributed by atoms with Gasteiger partial charge in [-0.3, -0.25) is 4.68 Å². The fourth-order valence-corrected chi connectivity index (χ4v) is 5.38. The van der Waals surface area contributed by atoms with Crippen molar-refractivity contribution in [2.75, 3.05) is 12.4 Å². The largest absolute Gasteiger partial charge is 0.401 e. The molecular weight excluding hydrogens is 509 g/mol. The lowest BCUT2D eigenvalue weighted by atomic mass is 9.67. The first-order valence-corrected chi connectivity index (χ1v) is 12.2. The summed E-state index contributed by atoms with van der Waals surface area (Å²) in [7, 11) is 3.37. The highest BCUT2D eigenvalue weighted by Crippen LogP contribution is 2.54. The zero-order chi connectivity index (χ0) is 25.9. The molecule has 13 heteroatoms. The molecule has 1 N–H and O–H groups in total. The van der Waals surface area contributed by atoms with Gasteiger partial charge in [0.05, 0.1) is 36.1 Å². The molecule has 5 heterocycles. The third-order valence-corrected chi connectivity index (χ3v) is 7.72. The van der Waals surface area contributed by atoms with Crippen LogP contribution in [0.2, 0.25) is 5.02 Å². The molecule has 4 aromatic heterocycles. The molecule has 0 spiro atoms. The Balaban J connectivity index is 1.43. The van der Waals surface area contributed by atoms with Crippen LogP contribution < -0.4 is 5.32 Å². The van der Waals surface area contributed by atoms with Crippen LogP contribution in [0.15, 0.2) is 36.8 Å². The first-order valence-electron chi connectivity index (χ1n) is 11.8. The summed E-state index contributed by atoms with van der Waals surface area (Å²) >= 11 is 6.54. The predicted molar refractivity (Wildman–Crippen MR) is 131 cm³/mol. The number of nitrogens with zero attached hydrogens (tertiary/aromatic N) is 7. The second-order valence-corrected chi connectivity index (χ2v) is 9.94. The first kappa shape index (κ1) is 24.0. The summed E-state index contributed by atoms with van der Waals surface area (Å²) in [5, 5.41) is 16.2. The van der Waals surface area contributed by atoms with Crippen molar-refractivity contribution < 1.29 is 17.9 Å². The molecule has 0 radical (unpaired) electrons. The maximum atomic E-state index is 14.2. The summed E-state index contributed by atoms with van der Waals surface area (Å²) in [5.41, 5.74) is 0.173. The zero-order valence-corrected chi connectivity index (χ0v) is 20.9. The van der Waals surface area contributed by atoms with Crippen LogP contribution in [0, 0.1) is 0 Å². The quantitative estimate of drug-likeness (QED) is 0.391. The topological polar surface area (TPSA) is 87.6 Å². The standard InChI is InChI=1S/C24H24ClF3N8O/c1-34-20(4-7-30-34)31-19-9-16(17(25)10-29-19)14-8-18-21-32-33-22(23(5-3-6-23)24(26,27)28)36(21)13-15(37-2)12-35(18)11-14/h4,7-11,15H,3,5-6,12-13H2,1-2H3,(H,29,31)/t15-/m1/s1. The normalized spacial score (nSPS) is 18.6. The molecule has 6 rings (SSSR count). The summed E-state index contributed by atoms with van der Waals surface area (Å²) in [6, 6.07) is 5.52. The first-order chi connectivity index (χ1) is 17.7. The van der Waals surface area contributed by atoms with E-state index in [2.05, 4.69) is 25.6 Å². The van der Waals surface area contributed by atoms with Crippen LogP contribution in [0.25, 0.3) is 22.6 Å². The number of hydrogen-bond acceptors (Lipinski definition) is 6. The Morgan fingerprint density at radius 1 is 1.19 bits per heavy atom. The van der Waals surface area contributed by atoms with Crippen molar-refractivity contribution in [3.05, 3.63) is 47.6 Å². The summed E-state index contributed by atoms with van der Waals surface area (Å²) < 4.78 is 53.4. The van der Waals surface area contributed by atoms with Gasteiger partial charge in [-0.15, -0.1) is 10.2 Å². The zero-order valence-electron chi connectivity index (χ0n) is 20.1. The van der Waals surface area contributed by atoms with Gasteiger partial charge in [0.1, 0.15) is 22.9 Å². The maximum Gasteiger partial charge on any atom is 0.401 e. The van der Waals surface area contributed by atoms with Gasteiger partial charge in [-0.1, -0.05) is 18.0 Å². The Morgan fingerprint density at radius 3 is 2.65 bits per heavy atom. The van der Waals surface area contributed by atoms with Crippen LogP contribution >= 0.6 is 11.6 Å². The fraction of sp³-hybridized carbons (Fsp3) is 0.417. The molecule has 1 fully saturated rings. The van der Waals surface area contributed by atoms with Gasteiger partial charge < -0.3 is 19.2 Å². The van der Waals surface area contributed by atoms with Gasteiger partial charge in [0, 0.05) is 43.7 Å². The van der Waals surface area contributed by atoms with Gasteiger partial charge in [-0.05, 0) is 25.0 Å². The molecular formula is C24H24ClF3N8O. The minimum Gasteiger partial charge on any atom is -0.378 e. The fourth-order valence-electron chi connectivity index (χ4n) is 5.17. The lowest BCUT2D eigenvalue weighted by molar-refractivity contribution is -0.216. The van der Waals surface area contributed by atoms with Gasteiger partial charge in [0.25, 0.3) is 0 Å². The van der Waals surface area contributed by atoms with Crippen LogP contribution in [0.3, 0.4) is 0 Å². The molecule has 2 aliphatic rings. The molecule has 0 aromatic carbocycles. The van der Waals surface area contributed by atoms with E-state index in [4.69, 9.17) is 16.3 Å². The predicted octanol–water partition coefficient (Wildman–Crippen LogP) is 4.95. The van der Waals surface area contributed by atoms with E-state index in [0.717, 1.165) is 11.4 Å². The van der Waals surface area contributed by atoms with Crippen molar-refractivity contribution in [1.82, 2.24) is 34.1 Å². The molecule has 1 aliphatic heterocycles. The third-order valence-electron chi connectivity index (χ3n) is 7.42. The number of anilines is 2. The second kappa shape index (κ2) is 8.59. The van der Waals surface area contributed by atoms with Crippen molar-refractivity contribution in [2.45, 2.75) is 50.0 Å². The minimum absolute atomic E-state index is 0.0115. The number of ether oxygens (including phenoxy) is 1. The van der Waals surface area contributed by atoms with Crippen molar-refractivity contribution in [1.29, 1.82) is 0 Å². The highest BCUT2D eigenvalue weighted by molar-refractivity contribution is 6.33. The van der Waals surface area contributed by atoms with E-state index in [9.17, 15) is 13.2 Å². The van der Waals surface area contributed by atoms with E-state index >= 15 is 0 Å². The highest BCUT2D eigenvalue weighted by atomic mass is 35.5. The molecule has 194 valence electrons. The average Bonchev–Trinajstić information content (AvgIpc) is 3.51. The summed E-state index contributed by atoms with van der Waals surface area (Å²) in [6.45, 7) is 0.675. The minimum atomic E-state index is -4.40. The van der Waals surface area contributed by atoms with E-state index in [1.165, 1.54) is 0 Å². The Labute approximate surface area is 215 Å². The number of halogens is 4. The van der Waals surface area contributed by atoms with Crippen LogP contribution in [0.5, 0.6) is 0 Å². The summed E-state index contributed by atoms with van der Waals surface area (Å²) in [5.74, 6) is 1.67. The number of pyridine rings is 1. The molecule has 4 aromatic rings. The van der Waals surface area contributed by atoms with Gasteiger partial charge in [-0.2, -0.15) is 18.3 Å². The van der Waals surface area contributed by atoms with E-state index in [1.807, 2.05) is 36.0 Å². The second-order valence-electron chi connectivity index (χ2n) is 9.53. The summed E-state index contributed by atoms with van der Waals surface area (Å²) in [4.78, 5) is 4.36. The molecule has 0 amide bonds. The van der Waals surface area contributed by atoms with Crippen molar-refractivity contribution in [3.8, 4) is 22.6 Å². The van der Waals surface area contributed by atoms with Crippen LogP contribution in [-0.4, -0.2) is 53.5 Å². The van der Waals surface area contributed by atoms with Crippen LogP contribution in [0.4, 0.5) is 24.8 Å². The molecule has 1 aliphatic carbocycles. The lowest BCUT2D eigenvalue weighted by Crippen LogP contribution is -2.50. The molecule has 9 nitrogen and oxygen atoms in total. The van der Waals surface area contributed by atoms with Gasteiger partial charge in [0.2, 0.25) is 0 Å². The SMILES string of the molecule is CO[C@@H]1Cn2cc(-c3cc(Nc4ccnn4C)ncc3Cl)cc2-c2nnc(C3(C(F)(F)F)CCC3)n2C1. The number of rotatable bonds is 5. The van der Waals surface area contributed by atoms with E-state index in [-0.39, 0.29) is 31.3 Å². The highest BCUT2D eigenvalue weighted by Gasteiger charge is 2.62. The van der Waals surface area contributed by atoms with Crippen LogP contribution in [-0.2, 0) is 30.3 Å². The van der Waals surface area contributed by atoms with Crippen LogP contribution in [0.1, 0.15) is 25.1 Å². The average molecular weight is 533 g/mol. The third kappa shape index (κ3) is 3.81. The van der Waals surface area contributed by atoms with Gasteiger partial charge in [0.15, 0.2) is 5.82 Å². The van der Waals surface area contributed by atoms with Crippen molar-refractivity contribution in [3.63, 3.8) is 0 Å². The number of methoxy groups -OCH3 is 1. The maximum absolute atomic E-state index is 14.2. The number of alkyl halides is 3. The lowest BCUT2D eigenvalue weighted by Gasteiger charge is -2.42. The van der Waals surface area contributed by atoms with Gasteiger partial charge in [-0.25, -0.2) is 4.98 Å². The molecule has 1 atom stereocenters. The van der Waals surface area contributed by atoms with E-state index in [1.54, 1.807) is 28.8 Å². The number of fused-ring (bicyclic) bond motifs is 3. The Kier molecular flexibility index (Phi) is 5.57. The molecule has 0 bridgehead atoms. The number of aryl methyl sites for hydroxylation is 1. The van der Waals surface area contributed by atoms with Gasteiger partial charge >= 0.3 is 6.18 Å². The number of hydrogen-bond donors (Lipinski definition) is 1. The molecule has 0 unspecified atom stereocenters. The summed E-state index contributed by atoms with van der Waals surface area (Å²) in [6.07, 6.45) is 0.895. The Morgan fingerprint density at radius 2 is 2.00 bits per heavy atom. The molecule has 1 saturated carbocycles. The number of nitrogens with one attached hydrogen (secondary N) is 1. The Hall–Kier alpha value is -3.38. The molecule has 37 heavy (non-hydrogen) atoms. The van der Waals surface area contributed by atoms with Crippen molar-refractivity contribution in [2.24, 2.45) is 7.05 Å². The Bertz CT molecular complexity index is 1470. The van der Waals surface area contributed by atoms with E-state index < -0.39 is 11.6 Å². The molecule has 0 saturated heterocycles. The number of aromatic nitrogens is 7.